The van der Waals surface area contributed by atoms with Gasteiger partial charge in [-0.3, -0.25) is 5.10 Å². The van der Waals surface area contributed by atoms with Crippen LogP contribution in [0.2, 0.25) is 0 Å². The number of hydrogen-bond donors (Lipinski definition) is 2. The third-order valence-electron chi connectivity index (χ3n) is 5.80. The number of aromatic amines is 1. The highest BCUT2D eigenvalue weighted by molar-refractivity contribution is 5.88. The summed E-state index contributed by atoms with van der Waals surface area (Å²) in [7, 11) is 0. The monoisotopic (exact) mass is 365 g/mol. The number of hydrogen-bond acceptors (Lipinski definition) is 7. The van der Waals surface area contributed by atoms with E-state index in [1.165, 1.54) is 12.8 Å². The molecule has 1 aliphatic carbocycles. The molecule has 5 heterocycles. The van der Waals surface area contributed by atoms with Crippen molar-refractivity contribution in [3.8, 4) is 0 Å². The Bertz CT molecular complexity index is 1070. The van der Waals surface area contributed by atoms with Crippen molar-refractivity contribution >= 4 is 29.1 Å². The lowest BCUT2D eigenvalue weighted by molar-refractivity contribution is -0.147. The summed E-state index contributed by atoms with van der Waals surface area (Å²) < 4.78 is 7.15. The molecular formula is C18H19N7O2. The first-order valence-corrected chi connectivity index (χ1v) is 9.27. The van der Waals surface area contributed by atoms with Crippen LogP contribution in [0.1, 0.15) is 37.8 Å². The van der Waals surface area contributed by atoms with Crippen molar-refractivity contribution in [2.75, 3.05) is 16.8 Å². The molecular weight excluding hydrogens is 346 g/mol. The van der Waals surface area contributed by atoms with Crippen LogP contribution in [0.3, 0.4) is 0 Å². The molecule has 2 saturated heterocycles. The fraction of sp³-hybridized carbons (Fsp3) is 0.444. The summed E-state index contributed by atoms with van der Waals surface area (Å²) in [4.78, 5) is 18.9. The lowest BCUT2D eigenvalue weighted by Gasteiger charge is -2.33. The zero-order valence-corrected chi connectivity index (χ0v) is 14.8. The Morgan fingerprint density at radius 1 is 1.41 bits per heavy atom. The van der Waals surface area contributed by atoms with Gasteiger partial charge in [-0.25, -0.2) is 9.31 Å². The summed E-state index contributed by atoms with van der Waals surface area (Å²) in [6.07, 6.45) is 4.89. The molecule has 27 heavy (non-hydrogen) atoms. The molecule has 3 aromatic heterocycles. The summed E-state index contributed by atoms with van der Waals surface area (Å²) in [5.41, 5.74) is 1.31. The number of nitrogens with one attached hydrogen (secondary N) is 2. The van der Waals surface area contributed by atoms with Gasteiger partial charge in [0.1, 0.15) is 17.2 Å². The largest absolute Gasteiger partial charge is 0.459 e. The molecule has 3 aromatic rings. The van der Waals surface area contributed by atoms with E-state index in [4.69, 9.17) is 9.72 Å². The second kappa shape index (κ2) is 4.99. The van der Waals surface area contributed by atoms with Crippen molar-refractivity contribution in [3.63, 3.8) is 0 Å². The Kier molecular flexibility index (Phi) is 2.78. The van der Waals surface area contributed by atoms with E-state index < -0.39 is 5.54 Å². The molecule has 2 atom stereocenters. The maximum atomic E-state index is 12.2. The van der Waals surface area contributed by atoms with Crippen molar-refractivity contribution in [3.05, 3.63) is 30.1 Å². The molecule has 9 heteroatoms. The number of esters is 1. The average molecular weight is 365 g/mol. The third kappa shape index (κ3) is 2.17. The molecule has 9 nitrogen and oxygen atoms in total. The molecule has 1 saturated carbocycles. The number of carbonyl (C=O) groups excluding carboxylic acids is 1. The van der Waals surface area contributed by atoms with E-state index in [0.29, 0.717) is 30.6 Å². The van der Waals surface area contributed by atoms with Crippen LogP contribution in [0.25, 0.3) is 5.52 Å². The van der Waals surface area contributed by atoms with Crippen LogP contribution in [0.15, 0.2) is 24.4 Å². The Morgan fingerprint density at radius 2 is 2.30 bits per heavy atom. The van der Waals surface area contributed by atoms with E-state index in [1.54, 1.807) is 4.52 Å². The molecule has 0 aromatic carbocycles. The first kappa shape index (κ1) is 15.0. The molecule has 0 unspecified atom stereocenters. The number of ether oxygens (including phenoxy) is 1. The van der Waals surface area contributed by atoms with Crippen molar-refractivity contribution < 1.29 is 9.53 Å². The van der Waals surface area contributed by atoms with Crippen molar-refractivity contribution in [1.29, 1.82) is 0 Å². The number of morpholine rings is 1. The average Bonchev–Trinajstić information content (AvgIpc) is 2.98. The third-order valence-corrected chi connectivity index (χ3v) is 5.80. The minimum atomic E-state index is -0.700. The zero-order valence-electron chi connectivity index (χ0n) is 14.8. The topological polar surface area (TPSA) is 100 Å². The lowest BCUT2D eigenvalue weighted by atomic mass is 10.0. The quantitative estimate of drug-likeness (QED) is 0.682. The predicted octanol–water partition coefficient (Wildman–Crippen LogP) is 1.97. The van der Waals surface area contributed by atoms with E-state index in [9.17, 15) is 4.79 Å². The van der Waals surface area contributed by atoms with Crippen LogP contribution in [-0.4, -0.2) is 49.0 Å². The van der Waals surface area contributed by atoms with Gasteiger partial charge in [0.2, 0.25) is 5.95 Å². The van der Waals surface area contributed by atoms with Gasteiger partial charge in [0, 0.05) is 30.3 Å². The van der Waals surface area contributed by atoms with Crippen molar-refractivity contribution in [2.45, 2.75) is 43.7 Å². The molecule has 0 spiro atoms. The van der Waals surface area contributed by atoms with E-state index in [1.807, 2.05) is 36.2 Å². The highest BCUT2D eigenvalue weighted by Gasteiger charge is 2.57. The van der Waals surface area contributed by atoms with Crippen molar-refractivity contribution in [1.82, 2.24) is 24.8 Å². The van der Waals surface area contributed by atoms with E-state index in [-0.39, 0.29) is 12.1 Å². The fourth-order valence-electron chi connectivity index (χ4n) is 4.13. The summed E-state index contributed by atoms with van der Waals surface area (Å²) in [6.45, 7) is 2.51. The Hall–Kier alpha value is -3.10. The smallest absolute Gasteiger partial charge is 0.332 e. The second-order valence-corrected chi connectivity index (χ2v) is 7.82. The van der Waals surface area contributed by atoms with E-state index in [2.05, 4.69) is 20.6 Å². The summed E-state index contributed by atoms with van der Waals surface area (Å²) in [6, 6.07) is 5.91. The lowest BCUT2D eigenvalue weighted by Crippen LogP contribution is -2.51. The predicted molar refractivity (Wildman–Crippen MR) is 97.1 cm³/mol. The second-order valence-electron chi connectivity index (χ2n) is 7.82. The molecule has 6 rings (SSSR count). The zero-order chi connectivity index (χ0) is 18.2. The number of aromatic nitrogens is 5. The first-order valence-electron chi connectivity index (χ1n) is 9.27. The normalized spacial score (nSPS) is 26.8. The molecule has 2 N–H and O–H groups in total. The minimum absolute atomic E-state index is 0.0877. The standard InChI is InChI=1S/C18H19N7O2/c1-18-8-11(27-16(18)26)9-24(18)17-20-15(13-3-2-6-25(13)23-17)19-14-7-12(21-22-14)10-4-5-10/h2-3,6-7,10-11H,4-5,8-9H2,1H3,(H2,19,20,21,22,23)/t11-,18-/m0/s1. The highest BCUT2D eigenvalue weighted by Crippen LogP contribution is 2.41. The van der Waals surface area contributed by atoms with E-state index >= 15 is 0 Å². The van der Waals surface area contributed by atoms with Gasteiger partial charge < -0.3 is 15.0 Å². The Balaban J connectivity index is 1.40. The van der Waals surface area contributed by atoms with E-state index in [0.717, 1.165) is 17.0 Å². The van der Waals surface area contributed by atoms with Crippen LogP contribution in [-0.2, 0) is 9.53 Å². The van der Waals surface area contributed by atoms with Gasteiger partial charge in [-0.05, 0) is 31.9 Å². The van der Waals surface area contributed by atoms with Crippen molar-refractivity contribution in [2.24, 2.45) is 0 Å². The van der Waals surface area contributed by atoms with Gasteiger partial charge in [0.25, 0.3) is 0 Å². The van der Waals surface area contributed by atoms with Crippen LogP contribution in [0.4, 0.5) is 17.6 Å². The van der Waals surface area contributed by atoms with Gasteiger partial charge in [-0.2, -0.15) is 10.1 Å². The molecule has 0 radical (unpaired) electrons. The fourth-order valence-corrected chi connectivity index (χ4v) is 4.13. The van der Waals surface area contributed by atoms with Crippen LogP contribution >= 0.6 is 0 Å². The maximum absolute atomic E-state index is 12.2. The summed E-state index contributed by atoms with van der Waals surface area (Å²) in [5, 5.41) is 15.4. The Labute approximate surface area is 154 Å². The molecule has 3 aliphatic rings. The number of fused-ring (bicyclic) bond motifs is 3. The molecule has 138 valence electrons. The molecule has 0 amide bonds. The molecule has 2 aliphatic heterocycles. The number of anilines is 3. The number of nitrogens with zero attached hydrogens (tertiary/aromatic N) is 5. The number of rotatable bonds is 4. The van der Waals surface area contributed by atoms with Gasteiger partial charge in [-0.1, -0.05) is 0 Å². The van der Waals surface area contributed by atoms with Crippen LogP contribution in [0.5, 0.6) is 0 Å². The van der Waals surface area contributed by atoms with Crippen LogP contribution in [0, 0.1) is 0 Å². The maximum Gasteiger partial charge on any atom is 0.332 e. The summed E-state index contributed by atoms with van der Waals surface area (Å²) in [5.74, 6) is 2.32. The highest BCUT2D eigenvalue weighted by atomic mass is 16.6. The molecule has 2 bridgehead atoms. The number of H-pyrrole nitrogens is 1. The Morgan fingerprint density at radius 3 is 3.07 bits per heavy atom. The first-order chi connectivity index (χ1) is 13.1. The summed E-state index contributed by atoms with van der Waals surface area (Å²) >= 11 is 0. The molecule has 3 fully saturated rings. The SMILES string of the molecule is C[C@@]12C[C@@H](CN1c1nc(Nc3cc(C4CC4)[nH]n3)c3cccn3n1)OC2=O. The van der Waals surface area contributed by atoms with Gasteiger partial charge in [0.05, 0.1) is 6.54 Å². The van der Waals surface area contributed by atoms with Crippen LogP contribution < -0.4 is 10.2 Å². The van der Waals surface area contributed by atoms with Gasteiger partial charge in [-0.15, -0.1) is 5.10 Å². The van der Waals surface area contributed by atoms with Gasteiger partial charge in [0.15, 0.2) is 11.6 Å². The number of carbonyl (C=O) groups is 1. The van der Waals surface area contributed by atoms with Gasteiger partial charge >= 0.3 is 5.97 Å². The minimum Gasteiger partial charge on any atom is -0.459 e.